The van der Waals surface area contributed by atoms with E-state index < -0.39 is 17.2 Å². The van der Waals surface area contributed by atoms with E-state index in [2.05, 4.69) is 4.72 Å². The number of hydrogen-bond donors (Lipinski definition) is 2. The Balaban J connectivity index is 1.46. The summed E-state index contributed by atoms with van der Waals surface area (Å²) in [5.41, 5.74) is 2.06. The molecule has 1 atom stereocenters. The van der Waals surface area contributed by atoms with E-state index in [1.54, 1.807) is 6.07 Å². The van der Waals surface area contributed by atoms with Crippen LogP contribution < -0.4 is 9.46 Å². The number of benzene rings is 2. The molecule has 0 spiro atoms. The van der Waals surface area contributed by atoms with E-state index in [4.69, 9.17) is 14.0 Å². The molecular formula is C20H22N2O5S. The number of aromatic nitrogens is 1. The molecule has 0 fully saturated rings. The molecule has 2 aromatic carbocycles. The summed E-state index contributed by atoms with van der Waals surface area (Å²) in [5, 5.41) is 9.60. The van der Waals surface area contributed by atoms with Crippen LogP contribution in [0.3, 0.4) is 0 Å². The van der Waals surface area contributed by atoms with Gasteiger partial charge < -0.3 is 14.4 Å². The Hall–Kier alpha value is -2.68. The summed E-state index contributed by atoms with van der Waals surface area (Å²) in [5.74, 6) is -0.491. The molecule has 0 aliphatic rings. The van der Waals surface area contributed by atoms with E-state index >= 15 is 0 Å². The van der Waals surface area contributed by atoms with Crippen molar-refractivity contribution in [3.05, 3.63) is 66.4 Å². The number of carbonyl (C=O) groups is 1. The predicted octanol–water partition coefficient (Wildman–Crippen LogP) is 2.53. The average molecular weight is 402 g/mol. The zero-order valence-electron chi connectivity index (χ0n) is 15.2. The first kappa shape index (κ1) is 20.1. The lowest BCUT2D eigenvalue weighted by atomic mass is 10.2. The molecule has 8 heteroatoms. The normalized spacial score (nSPS) is 12.1. The van der Waals surface area contributed by atoms with Gasteiger partial charge >= 0.3 is 5.97 Å². The highest BCUT2D eigenvalue weighted by molar-refractivity contribution is 7.78. The third kappa shape index (κ3) is 5.66. The third-order valence-corrected chi connectivity index (χ3v) is 4.94. The molecule has 0 amide bonds. The number of carboxylic acids is 1. The number of fused-ring (bicyclic) bond motifs is 1. The molecule has 1 unspecified atom stereocenters. The molecule has 1 aromatic heterocycles. The van der Waals surface area contributed by atoms with Gasteiger partial charge in [-0.25, -0.2) is 13.7 Å². The standard InChI is InChI=1S/C20H22N2O5S/c23-20(24)15-26-19-8-4-7-18-17(19)9-12-22(18)13-11-21-28(25)27-14-10-16-5-2-1-3-6-16/h1-9,12,21H,10-11,13-15H2,(H,23,24). The maximum atomic E-state index is 11.9. The van der Waals surface area contributed by atoms with Gasteiger partial charge in [0.2, 0.25) is 11.3 Å². The Morgan fingerprint density at radius 2 is 1.93 bits per heavy atom. The van der Waals surface area contributed by atoms with Gasteiger partial charge in [0, 0.05) is 24.7 Å². The maximum absolute atomic E-state index is 11.9. The van der Waals surface area contributed by atoms with Gasteiger partial charge in [0.05, 0.1) is 12.1 Å². The van der Waals surface area contributed by atoms with Crippen LogP contribution in [0, 0.1) is 0 Å². The van der Waals surface area contributed by atoms with Crippen molar-refractivity contribution in [2.24, 2.45) is 0 Å². The summed E-state index contributed by atoms with van der Waals surface area (Å²) < 4.78 is 27.4. The van der Waals surface area contributed by atoms with E-state index in [0.717, 1.165) is 16.5 Å². The van der Waals surface area contributed by atoms with Gasteiger partial charge in [-0.1, -0.05) is 36.4 Å². The fourth-order valence-corrected chi connectivity index (χ4v) is 3.40. The largest absolute Gasteiger partial charge is 0.481 e. The average Bonchev–Trinajstić information content (AvgIpc) is 3.11. The molecule has 0 aliphatic carbocycles. The first-order chi connectivity index (χ1) is 13.6. The number of nitrogens with one attached hydrogen (secondary N) is 1. The highest BCUT2D eigenvalue weighted by Crippen LogP contribution is 2.26. The van der Waals surface area contributed by atoms with Crippen LogP contribution in [0.2, 0.25) is 0 Å². The molecule has 0 radical (unpaired) electrons. The van der Waals surface area contributed by atoms with Gasteiger partial charge in [-0.2, -0.15) is 0 Å². The van der Waals surface area contributed by atoms with Crippen LogP contribution in [-0.4, -0.2) is 39.6 Å². The fourth-order valence-electron chi connectivity index (χ4n) is 2.83. The molecule has 148 valence electrons. The quantitative estimate of drug-likeness (QED) is 0.514. The van der Waals surface area contributed by atoms with E-state index in [1.807, 2.05) is 59.3 Å². The topological polar surface area (TPSA) is 89.8 Å². The van der Waals surface area contributed by atoms with Crippen molar-refractivity contribution in [1.82, 2.24) is 9.29 Å². The van der Waals surface area contributed by atoms with Crippen LogP contribution in [0.5, 0.6) is 5.75 Å². The van der Waals surface area contributed by atoms with Gasteiger partial charge in [0.1, 0.15) is 5.75 Å². The Bertz CT molecular complexity index is 942. The van der Waals surface area contributed by atoms with Crippen LogP contribution in [-0.2, 0) is 33.2 Å². The molecule has 0 bridgehead atoms. The second-order valence-electron chi connectivity index (χ2n) is 6.07. The summed E-state index contributed by atoms with van der Waals surface area (Å²) in [6.45, 7) is 1.03. The van der Waals surface area contributed by atoms with Crippen LogP contribution in [0.4, 0.5) is 0 Å². The van der Waals surface area contributed by atoms with Gasteiger partial charge in [-0.3, -0.25) is 4.18 Å². The van der Waals surface area contributed by atoms with Crippen molar-refractivity contribution in [3.63, 3.8) is 0 Å². The van der Waals surface area contributed by atoms with Crippen LogP contribution in [0.15, 0.2) is 60.8 Å². The Morgan fingerprint density at radius 1 is 1.11 bits per heavy atom. The Labute approximate surface area is 165 Å². The molecular weight excluding hydrogens is 380 g/mol. The van der Waals surface area contributed by atoms with Crippen molar-refractivity contribution in [2.75, 3.05) is 19.8 Å². The van der Waals surface area contributed by atoms with E-state index in [-0.39, 0.29) is 6.61 Å². The minimum absolute atomic E-state index is 0.375. The number of nitrogens with zero attached hydrogens (tertiary/aromatic N) is 1. The highest BCUT2D eigenvalue weighted by Gasteiger charge is 2.08. The summed E-state index contributed by atoms with van der Waals surface area (Å²) in [7, 11) is 0. The number of rotatable bonds is 11. The van der Waals surface area contributed by atoms with E-state index in [0.29, 0.717) is 31.9 Å². The van der Waals surface area contributed by atoms with Crippen molar-refractivity contribution < 1.29 is 23.0 Å². The Kier molecular flexibility index (Phi) is 7.18. The zero-order chi connectivity index (χ0) is 19.8. The molecule has 0 aliphatic heterocycles. The first-order valence-electron chi connectivity index (χ1n) is 8.88. The minimum Gasteiger partial charge on any atom is -0.481 e. The fraction of sp³-hybridized carbons (Fsp3) is 0.250. The monoisotopic (exact) mass is 402 g/mol. The second-order valence-corrected chi connectivity index (χ2v) is 7.06. The van der Waals surface area contributed by atoms with E-state index in [1.165, 1.54) is 0 Å². The lowest BCUT2D eigenvalue weighted by Crippen LogP contribution is -2.24. The van der Waals surface area contributed by atoms with E-state index in [9.17, 15) is 9.00 Å². The molecule has 28 heavy (non-hydrogen) atoms. The molecule has 7 nitrogen and oxygen atoms in total. The SMILES string of the molecule is O=C(O)COc1cccc2c1ccn2CCNS(=O)OCCc1ccccc1. The van der Waals surface area contributed by atoms with Gasteiger partial charge in [0.15, 0.2) is 6.61 Å². The number of ether oxygens (including phenoxy) is 1. The summed E-state index contributed by atoms with van der Waals surface area (Å²) in [6.07, 6.45) is 2.59. The van der Waals surface area contributed by atoms with Crippen molar-refractivity contribution in [3.8, 4) is 5.75 Å². The molecule has 1 heterocycles. The van der Waals surface area contributed by atoms with Crippen LogP contribution in [0.25, 0.3) is 10.9 Å². The lowest BCUT2D eigenvalue weighted by Gasteiger charge is -2.09. The molecule has 3 rings (SSSR count). The van der Waals surface area contributed by atoms with Crippen molar-refractivity contribution in [2.45, 2.75) is 13.0 Å². The molecule has 0 saturated carbocycles. The van der Waals surface area contributed by atoms with Crippen molar-refractivity contribution >= 4 is 28.1 Å². The van der Waals surface area contributed by atoms with Gasteiger partial charge in [-0.05, 0) is 30.2 Å². The second kappa shape index (κ2) is 10.0. The van der Waals surface area contributed by atoms with Crippen molar-refractivity contribution in [1.29, 1.82) is 0 Å². The van der Waals surface area contributed by atoms with Crippen LogP contribution >= 0.6 is 0 Å². The molecule has 3 aromatic rings. The maximum Gasteiger partial charge on any atom is 0.341 e. The summed E-state index contributed by atoms with van der Waals surface area (Å²) in [6, 6.07) is 17.2. The lowest BCUT2D eigenvalue weighted by molar-refractivity contribution is -0.139. The smallest absolute Gasteiger partial charge is 0.341 e. The zero-order valence-corrected chi connectivity index (χ0v) is 16.1. The molecule has 0 saturated heterocycles. The minimum atomic E-state index is -1.55. The van der Waals surface area contributed by atoms with Gasteiger partial charge in [0.25, 0.3) is 0 Å². The Morgan fingerprint density at radius 3 is 2.71 bits per heavy atom. The summed E-state index contributed by atoms with van der Waals surface area (Å²) in [4.78, 5) is 10.7. The van der Waals surface area contributed by atoms with Gasteiger partial charge in [-0.15, -0.1) is 0 Å². The number of hydrogen-bond acceptors (Lipinski definition) is 4. The summed E-state index contributed by atoms with van der Waals surface area (Å²) >= 11 is -1.55. The van der Waals surface area contributed by atoms with Crippen LogP contribution in [0.1, 0.15) is 5.56 Å². The molecule has 2 N–H and O–H groups in total. The first-order valence-corrected chi connectivity index (χ1v) is 9.96. The predicted molar refractivity (Wildman–Crippen MR) is 107 cm³/mol. The third-order valence-electron chi connectivity index (χ3n) is 4.12. The number of aliphatic carboxylic acids is 1. The number of carboxylic acid groups (broad SMARTS) is 1. The highest BCUT2D eigenvalue weighted by atomic mass is 32.2.